The highest BCUT2D eigenvalue weighted by molar-refractivity contribution is 7.92. The third-order valence-electron chi connectivity index (χ3n) is 4.91. The molecular formula is C21H21N3O4S3. The molecule has 1 N–H and O–H groups in total. The van der Waals surface area contributed by atoms with Crippen molar-refractivity contribution in [3.63, 3.8) is 0 Å². The van der Waals surface area contributed by atoms with Crippen LogP contribution in [0.25, 0.3) is 0 Å². The van der Waals surface area contributed by atoms with Crippen molar-refractivity contribution in [3.8, 4) is 0 Å². The fourth-order valence-electron chi connectivity index (χ4n) is 3.33. The Kier molecular flexibility index (Phi) is 5.87. The molecule has 10 heteroatoms. The van der Waals surface area contributed by atoms with Gasteiger partial charge in [0, 0.05) is 16.9 Å². The minimum atomic E-state index is -3.89. The van der Waals surface area contributed by atoms with Crippen LogP contribution < -0.4 is 4.72 Å². The maximum Gasteiger partial charge on any atom is 0.279 e. The first kappa shape index (κ1) is 21.5. The normalized spacial score (nSPS) is 16.9. The molecule has 1 aliphatic rings. The van der Waals surface area contributed by atoms with E-state index >= 15 is 0 Å². The van der Waals surface area contributed by atoms with E-state index in [2.05, 4.69) is 9.82 Å². The molecule has 4 rings (SSSR count). The van der Waals surface area contributed by atoms with Gasteiger partial charge in [0.2, 0.25) is 10.0 Å². The van der Waals surface area contributed by atoms with Crippen molar-refractivity contribution < 1.29 is 16.8 Å². The summed E-state index contributed by atoms with van der Waals surface area (Å²) < 4.78 is 54.8. The molecule has 1 aliphatic heterocycles. The maximum absolute atomic E-state index is 13.4. The maximum atomic E-state index is 13.4. The Hall–Kier alpha value is -2.69. The second kappa shape index (κ2) is 8.45. The van der Waals surface area contributed by atoms with Crippen molar-refractivity contribution in [1.29, 1.82) is 0 Å². The van der Waals surface area contributed by atoms with E-state index in [4.69, 9.17) is 0 Å². The molecule has 3 aromatic rings. The van der Waals surface area contributed by atoms with E-state index in [9.17, 15) is 16.8 Å². The molecule has 0 aliphatic carbocycles. The van der Waals surface area contributed by atoms with Gasteiger partial charge in [-0.05, 0) is 36.6 Å². The molecule has 0 amide bonds. The number of nitrogens with one attached hydrogen (secondary N) is 1. The van der Waals surface area contributed by atoms with E-state index in [0.717, 1.165) is 9.29 Å². The number of hydrazone groups is 1. The number of benzene rings is 2. The first-order chi connectivity index (χ1) is 14.8. The zero-order valence-corrected chi connectivity index (χ0v) is 19.1. The highest BCUT2D eigenvalue weighted by Gasteiger charge is 2.38. The van der Waals surface area contributed by atoms with E-state index < -0.39 is 26.1 Å². The predicted molar refractivity (Wildman–Crippen MR) is 123 cm³/mol. The third-order valence-corrected chi connectivity index (χ3v) is 8.88. The molecule has 0 radical (unpaired) electrons. The Morgan fingerprint density at radius 3 is 2.39 bits per heavy atom. The van der Waals surface area contributed by atoms with Crippen molar-refractivity contribution in [3.05, 3.63) is 82.6 Å². The zero-order chi connectivity index (χ0) is 22.1. The minimum absolute atomic E-state index is 0.0693. The van der Waals surface area contributed by atoms with Crippen molar-refractivity contribution in [2.45, 2.75) is 24.3 Å². The molecule has 0 spiro atoms. The van der Waals surface area contributed by atoms with Gasteiger partial charge in [-0.15, -0.1) is 11.3 Å². The monoisotopic (exact) mass is 475 g/mol. The SMILES string of the molecule is CCS(=O)(=O)Nc1ccccc1C1=NN(S(=O)(=O)c2ccccc2)[C@@H](c2cccs2)C1. The second-order valence-electron chi connectivity index (χ2n) is 6.92. The predicted octanol–water partition coefficient (Wildman–Crippen LogP) is 4.05. The molecule has 1 atom stereocenters. The second-order valence-corrected chi connectivity index (χ2v) is 11.7. The number of hydrogen-bond donors (Lipinski definition) is 1. The van der Waals surface area contributed by atoms with Gasteiger partial charge in [-0.1, -0.05) is 42.5 Å². The summed E-state index contributed by atoms with van der Waals surface area (Å²) in [5.74, 6) is -0.0693. The van der Waals surface area contributed by atoms with Crippen LogP contribution in [0.5, 0.6) is 0 Å². The smallest absolute Gasteiger partial charge is 0.279 e. The summed E-state index contributed by atoms with van der Waals surface area (Å²) in [6.07, 6.45) is 0.331. The van der Waals surface area contributed by atoms with E-state index in [-0.39, 0.29) is 10.6 Å². The van der Waals surface area contributed by atoms with Crippen molar-refractivity contribution >= 4 is 42.8 Å². The van der Waals surface area contributed by atoms with Gasteiger partial charge in [0.05, 0.1) is 22.0 Å². The number of rotatable bonds is 7. The average Bonchev–Trinajstić information content (AvgIpc) is 3.45. The molecular weight excluding hydrogens is 454 g/mol. The lowest BCUT2D eigenvalue weighted by atomic mass is 10.0. The first-order valence-corrected chi connectivity index (χ1v) is 13.6. The fraction of sp³-hybridized carbons (Fsp3) is 0.190. The van der Waals surface area contributed by atoms with Crippen LogP contribution in [-0.2, 0) is 20.0 Å². The lowest BCUT2D eigenvalue weighted by molar-refractivity contribution is 0.375. The van der Waals surface area contributed by atoms with Gasteiger partial charge >= 0.3 is 0 Å². The van der Waals surface area contributed by atoms with Crippen molar-refractivity contribution in [2.24, 2.45) is 5.10 Å². The van der Waals surface area contributed by atoms with Crippen molar-refractivity contribution in [2.75, 3.05) is 10.5 Å². The van der Waals surface area contributed by atoms with Crippen LogP contribution in [0.15, 0.2) is 82.1 Å². The van der Waals surface area contributed by atoms with Gasteiger partial charge < -0.3 is 0 Å². The molecule has 1 aromatic heterocycles. The van der Waals surface area contributed by atoms with Crippen LogP contribution in [0.2, 0.25) is 0 Å². The summed E-state index contributed by atoms with van der Waals surface area (Å²) >= 11 is 1.46. The standard InChI is InChI=1S/C21H21N3O4S3/c1-2-30(25,26)23-18-12-7-6-11-17(18)19-15-20(21-13-8-14-29-21)24(22-19)31(27,28)16-9-4-3-5-10-16/h3-14,20,23H,2,15H2,1H3/t20-/m1/s1. The van der Waals surface area contributed by atoms with E-state index in [1.54, 1.807) is 49.4 Å². The quantitative estimate of drug-likeness (QED) is 0.558. The fourth-order valence-corrected chi connectivity index (χ4v) is 6.31. The lowest BCUT2D eigenvalue weighted by Gasteiger charge is -2.22. The third kappa shape index (κ3) is 4.36. The van der Waals surface area contributed by atoms with Crippen LogP contribution in [-0.4, -0.2) is 32.7 Å². The summed E-state index contributed by atoms with van der Waals surface area (Å²) in [5, 5.41) is 6.39. The highest BCUT2D eigenvalue weighted by atomic mass is 32.2. The molecule has 0 fully saturated rings. The molecule has 2 aromatic carbocycles. The van der Waals surface area contributed by atoms with E-state index in [1.807, 2.05) is 17.5 Å². The Balaban J connectivity index is 1.80. The summed E-state index contributed by atoms with van der Waals surface area (Å²) in [7, 11) is -7.39. The molecule has 0 saturated carbocycles. The topological polar surface area (TPSA) is 95.9 Å². The summed E-state index contributed by atoms with van der Waals surface area (Å²) in [5.41, 5.74) is 1.45. The summed E-state index contributed by atoms with van der Waals surface area (Å²) in [6.45, 7) is 1.55. The van der Waals surface area contributed by atoms with Gasteiger partial charge in [0.25, 0.3) is 10.0 Å². The van der Waals surface area contributed by atoms with Gasteiger partial charge in [0.1, 0.15) is 6.04 Å². The Bertz CT molecular complexity index is 1300. The van der Waals surface area contributed by atoms with Crippen LogP contribution in [0.3, 0.4) is 0 Å². The van der Waals surface area contributed by atoms with Crippen LogP contribution >= 0.6 is 11.3 Å². The lowest BCUT2D eigenvalue weighted by Crippen LogP contribution is -2.26. The molecule has 2 heterocycles. The number of hydrogen-bond acceptors (Lipinski definition) is 6. The number of thiophene rings is 1. The highest BCUT2D eigenvalue weighted by Crippen LogP contribution is 2.39. The van der Waals surface area contributed by atoms with Gasteiger partial charge in [0.15, 0.2) is 0 Å². The van der Waals surface area contributed by atoms with Crippen LogP contribution in [0.4, 0.5) is 5.69 Å². The molecule has 0 unspecified atom stereocenters. The average molecular weight is 476 g/mol. The molecule has 0 bridgehead atoms. The van der Waals surface area contributed by atoms with Gasteiger partial charge in [-0.3, -0.25) is 4.72 Å². The molecule has 31 heavy (non-hydrogen) atoms. The van der Waals surface area contributed by atoms with Crippen LogP contribution in [0, 0.1) is 0 Å². The summed E-state index contributed by atoms with van der Waals surface area (Å²) in [4.78, 5) is 1.02. The van der Waals surface area contributed by atoms with Crippen LogP contribution in [0.1, 0.15) is 29.8 Å². The molecule has 7 nitrogen and oxygen atoms in total. The molecule has 0 saturated heterocycles. The van der Waals surface area contributed by atoms with E-state index in [1.165, 1.54) is 23.5 Å². The van der Waals surface area contributed by atoms with E-state index in [0.29, 0.717) is 23.4 Å². The Labute approximate surface area is 186 Å². The number of para-hydroxylation sites is 1. The Morgan fingerprint density at radius 2 is 1.71 bits per heavy atom. The number of sulfonamides is 2. The van der Waals surface area contributed by atoms with Gasteiger partial charge in [-0.2, -0.15) is 17.9 Å². The Morgan fingerprint density at radius 1 is 1.00 bits per heavy atom. The van der Waals surface area contributed by atoms with Gasteiger partial charge in [-0.25, -0.2) is 8.42 Å². The number of anilines is 1. The minimum Gasteiger partial charge on any atom is -0.283 e. The first-order valence-electron chi connectivity index (χ1n) is 9.62. The van der Waals surface area contributed by atoms with Crippen molar-refractivity contribution in [1.82, 2.24) is 4.41 Å². The molecule has 162 valence electrons. The summed E-state index contributed by atoms with van der Waals surface area (Å²) in [6, 6.07) is 18.3. The largest absolute Gasteiger partial charge is 0.283 e. The number of nitrogens with zero attached hydrogens (tertiary/aromatic N) is 2. The zero-order valence-electron chi connectivity index (χ0n) is 16.7.